The molecule has 1 saturated heterocycles. The molecule has 1 aromatic rings. The summed E-state index contributed by atoms with van der Waals surface area (Å²) in [7, 11) is 1.91. The molecule has 0 bridgehead atoms. The lowest BCUT2D eigenvalue weighted by Gasteiger charge is -2.26. The number of likely N-dealkylation sites (N-methyl/N-ethyl adjacent to an activating group) is 1. The molecule has 1 amide bonds. The number of ketones is 1. The Morgan fingerprint density at radius 3 is 2.74 bits per heavy atom. The summed E-state index contributed by atoms with van der Waals surface area (Å²) in [5, 5.41) is 0. The summed E-state index contributed by atoms with van der Waals surface area (Å²) in [4.78, 5) is 32.1. The van der Waals surface area contributed by atoms with Gasteiger partial charge in [-0.2, -0.15) is 0 Å². The molecule has 0 aromatic carbocycles. The summed E-state index contributed by atoms with van der Waals surface area (Å²) in [6.07, 6.45) is 2.17. The van der Waals surface area contributed by atoms with Crippen LogP contribution in [-0.4, -0.2) is 65.0 Å². The van der Waals surface area contributed by atoms with Crippen molar-refractivity contribution in [1.29, 1.82) is 0 Å². The smallest absolute Gasteiger partial charge is 0.410 e. The van der Waals surface area contributed by atoms with Crippen molar-refractivity contribution in [3.05, 3.63) is 30.1 Å². The van der Waals surface area contributed by atoms with E-state index in [1.165, 1.54) is 0 Å². The van der Waals surface area contributed by atoms with Crippen LogP contribution in [0.3, 0.4) is 0 Å². The third kappa shape index (κ3) is 5.03. The SMILES string of the molecule is CN(CC(=O)c1ccccn1)[C@@H]1CCN(C(=O)OC(C)(C)C)C1. The minimum atomic E-state index is -0.490. The maximum absolute atomic E-state index is 12.2. The van der Waals surface area contributed by atoms with Crippen molar-refractivity contribution >= 4 is 11.9 Å². The van der Waals surface area contributed by atoms with Gasteiger partial charge in [0.2, 0.25) is 0 Å². The van der Waals surface area contributed by atoms with Crippen molar-refractivity contribution in [2.75, 3.05) is 26.7 Å². The van der Waals surface area contributed by atoms with Gasteiger partial charge < -0.3 is 9.64 Å². The van der Waals surface area contributed by atoms with Gasteiger partial charge >= 0.3 is 6.09 Å². The van der Waals surface area contributed by atoms with E-state index in [2.05, 4.69) is 4.98 Å². The lowest BCUT2D eigenvalue weighted by atomic mass is 10.2. The summed E-state index contributed by atoms with van der Waals surface area (Å²) < 4.78 is 5.39. The fourth-order valence-corrected chi connectivity index (χ4v) is 2.56. The molecule has 0 aliphatic carbocycles. The van der Waals surface area contributed by atoms with Crippen LogP contribution in [0.4, 0.5) is 4.79 Å². The third-order valence-electron chi connectivity index (χ3n) is 3.78. The van der Waals surface area contributed by atoms with E-state index in [9.17, 15) is 9.59 Å². The van der Waals surface area contributed by atoms with Crippen LogP contribution in [0.1, 0.15) is 37.7 Å². The minimum absolute atomic E-state index is 0.0104. The topological polar surface area (TPSA) is 62.7 Å². The molecule has 2 heterocycles. The highest BCUT2D eigenvalue weighted by Crippen LogP contribution is 2.18. The number of aromatic nitrogens is 1. The zero-order valence-corrected chi connectivity index (χ0v) is 14.3. The Kier molecular flexibility index (Phi) is 5.36. The Labute approximate surface area is 137 Å². The molecule has 1 fully saturated rings. The van der Waals surface area contributed by atoms with Crippen LogP contribution in [0, 0.1) is 0 Å². The summed E-state index contributed by atoms with van der Waals surface area (Å²) >= 11 is 0. The van der Waals surface area contributed by atoms with Crippen molar-refractivity contribution in [3.8, 4) is 0 Å². The first-order valence-corrected chi connectivity index (χ1v) is 7.88. The normalized spacial score (nSPS) is 18.3. The Balaban J connectivity index is 1.86. The van der Waals surface area contributed by atoms with Crippen LogP contribution >= 0.6 is 0 Å². The highest BCUT2D eigenvalue weighted by atomic mass is 16.6. The minimum Gasteiger partial charge on any atom is -0.444 e. The Morgan fingerprint density at radius 2 is 2.13 bits per heavy atom. The van der Waals surface area contributed by atoms with Crippen molar-refractivity contribution in [1.82, 2.24) is 14.8 Å². The molecule has 0 N–H and O–H groups in total. The number of hydrogen-bond acceptors (Lipinski definition) is 5. The van der Waals surface area contributed by atoms with E-state index in [0.29, 0.717) is 25.3 Å². The molecule has 6 nitrogen and oxygen atoms in total. The number of ether oxygens (including phenoxy) is 1. The maximum atomic E-state index is 12.2. The molecule has 0 saturated carbocycles. The number of Topliss-reactive ketones (excluding diaryl/α,β-unsaturated/α-hetero) is 1. The molecule has 0 radical (unpaired) electrons. The van der Waals surface area contributed by atoms with Crippen molar-refractivity contribution in [2.24, 2.45) is 0 Å². The van der Waals surface area contributed by atoms with E-state index in [1.807, 2.05) is 32.7 Å². The second kappa shape index (κ2) is 7.08. The summed E-state index contributed by atoms with van der Waals surface area (Å²) in [5.74, 6) is -0.0104. The van der Waals surface area contributed by atoms with E-state index in [4.69, 9.17) is 4.74 Å². The number of pyridine rings is 1. The lowest BCUT2D eigenvalue weighted by molar-refractivity contribution is 0.0283. The zero-order chi connectivity index (χ0) is 17.0. The molecule has 23 heavy (non-hydrogen) atoms. The van der Waals surface area contributed by atoms with Crippen LogP contribution in [0.5, 0.6) is 0 Å². The predicted octanol–water partition coefficient (Wildman–Crippen LogP) is 2.21. The predicted molar refractivity (Wildman–Crippen MR) is 87.4 cm³/mol. The Morgan fingerprint density at radius 1 is 1.39 bits per heavy atom. The number of rotatable bonds is 4. The highest BCUT2D eigenvalue weighted by Gasteiger charge is 2.32. The average molecular weight is 319 g/mol. The van der Waals surface area contributed by atoms with Gasteiger partial charge in [-0.15, -0.1) is 0 Å². The first kappa shape index (κ1) is 17.4. The van der Waals surface area contributed by atoms with Crippen LogP contribution < -0.4 is 0 Å². The van der Waals surface area contributed by atoms with Gasteiger partial charge in [0.15, 0.2) is 5.78 Å². The quantitative estimate of drug-likeness (QED) is 0.796. The van der Waals surface area contributed by atoms with Gasteiger partial charge in [-0.05, 0) is 46.4 Å². The molecule has 126 valence electrons. The second-order valence-corrected chi connectivity index (χ2v) is 6.92. The Hall–Kier alpha value is -1.95. The number of carbonyl (C=O) groups excluding carboxylic acids is 2. The monoisotopic (exact) mass is 319 g/mol. The van der Waals surface area contributed by atoms with E-state index in [0.717, 1.165) is 6.42 Å². The van der Waals surface area contributed by atoms with Gasteiger partial charge in [0.25, 0.3) is 0 Å². The van der Waals surface area contributed by atoms with Gasteiger partial charge in [0.1, 0.15) is 11.3 Å². The van der Waals surface area contributed by atoms with Gasteiger partial charge in [-0.25, -0.2) is 4.79 Å². The van der Waals surface area contributed by atoms with E-state index in [-0.39, 0.29) is 17.9 Å². The van der Waals surface area contributed by atoms with Crippen LogP contribution in [0.2, 0.25) is 0 Å². The number of likely N-dealkylation sites (tertiary alicyclic amines) is 1. The van der Waals surface area contributed by atoms with Gasteiger partial charge in [0.05, 0.1) is 6.54 Å². The standard InChI is InChI=1S/C17H25N3O3/c1-17(2,3)23-16(22)20-10-8-13(11-20)19(4)12-15(21)14-7-5-6-9-18-14/h5-7,9,13H,8,10-12H2,1-4H3/t13-/m1/s1. The first-order valence-electron chi connectivity index (χ1n) is 7.88. The van der Waals surface area contributed by atoms with E-state index in [1.54, 1.807) is 29.3 Å². The van der Waals surface area contributed by atoms with Gasteiger partial charge in [0, 0.05) is 25.3 Å². The molecule has 1 atom stereocenters. The largest absolute Gasteiger partial charge is 0.444 e. The van der Waals surface area contributed by atoms with Gasteiger partial charge in [-0.1, -0.05) is 6.07 Å². The molecular formula is C17H25N3O3. The molecule has 1 aromatic heterocycles. The number of nitrogens with zero attached hydrogens (tertiary/aromatic N) is 3. The number of amides is 1. The third-order valence-corrected chi connectivity index (χ3v) is 3.78. The first-order chi connectivity index (χ1) is 10.8. The van der Waals surface area contributed by atoms with Crippen molar-refractivity contribution in [2.45, 2.75) is 38.8 Å². The molecule has 0 unspecified atom stereocenters. The molecule has 1 aliphatic heterocycles. The number of carbonyl (C=O) groups is 2. The molecule has 0 spiro atoms. The van der Waals surface area contributed by atoms with Crippen molar-refractivity contribution < 1.29 is 14.3 Å². The fourth-order valence-electron chi connectivity index (χ4n) is 2.56. The summed E-state index contributed by atoms with van der Waals surface area (Å²) in [5.41, 5.74) is -0.0166. The Bertz CT molecular complexity index is 554. The highest BCUT2D eigenvalue weighted by molar-refractivity contribution is 5.95. The van der Waals surface area contributed by atoms with Crippen LogP contribution in [0.25, 0.3) is 0 Å². The lowest BCUT2D eigenvalue weighted by Crippen LogP contribution is -2.40. The van der Waals surface area contributed by atoms with E-state index >= 15 is 0 Å². The van der Waals surface area contributed by atoms with Crippen LogP contribution in [0.15, 0.2) is 24.4 Å². The van der Waals surface area contributed by atoms with E-state index < -0.39 is 5.60 Å². The molecule has 1 aliphatic rings. The second-order valence-electron chi connectivity index (χ2n) is 6.92. The summed E-state index contributed by atoms with van der Waals surface area (Å²) in [6, 6.07) is 5.48. The zero-order valence-electron chi connectivity index (χ0n) is 14.3. The van der Waals surface area contributed by atoms with Crippen LogP contribution in [-0.2, 0) is 4.74 Å². The van der Waals surface area contributed by atoms with Crippen molar-refractivity contribution in [3.63, 3.8) is 0 Å². The summed E-state index contributed by atoms with van der Waals surface area (Å²) in [6.45, 7) is 7.11. The molecule has 2 rings (SSSR count). The average Bonchev–Trinajstić information content (AvgIpc) is 2.96. The maximum Gasteiger partial charge on any atom is 0.410 e. The molecular weight excluding hydrogens is 294 g/mol. The van der Waals surface area contributed by atoms with Gasteiger partial charge in [-0.3, -0.25) is 14.7 Å². The molecule has 6 heteroatoms. The fraction of sp³-hybridized carbons (Fsp3) is 0.588. The number of hydrogen-bond donors (Lipinski definition) is 0.